The van der Waals surface area contributed by atoms with Crippen LogP contribution in [-0.2, 0) is 0 Å². The first kappa shape index (κ1) is 15.1. The van der Waals surface area contributed by atoms with Gasteiger partial charge >= 0.3 is 0 Å². The number of hydrogen-bond donors (Lipinski definition) is 2. The van der Waals surface area contributed by atoms with Gasteiger partial charge in [-0.25, -0.2) is 0 Å². The number of carbonyl (C=O) groups excluding carboxylic acids is 1. The van der Waals surface area contributed by atoms with Gasteiger partial charge in [0.1, 0.15) is 5.71 Å². The minimum Gasteiger partial charge on any atom is -0.504 e. The number of rotatable bonds is 4. The van der Waals surface area contributed by atoms with Crippen molar-refractivity contribution >= 4 is 11.5 Å². The second-order valence-corrected chi connectivity index (χ2v) is 5.52. The van der Waals surface area contributed by atoms with E-state index in [0.717, 1.165) is 11.1 Å². The van der Waals surface area contributed by atoms with E-state index in [1.807, 2.05) is 37.3 Å². The molecule has 2 aromatic rings. The fraction of sp³-hybridized carbons (Fsp3) is 0.222. The van der Waals surface area contributed by atoms with Crippen LogP contribution in [0, 0.1) is 6.92 Å². The molecule has 0 radical (unpaired) electrons. The third kappa shape index (κ3) is 2.77. The summed E-state index contributed by atoms with van der Waals surface area (Å²) in [4.78, 5) is 12.9. The lowest BCUT2D eigenvalue weighted by atomic mass is 9.89. The van der Waals surface area contributed by atoms with E-state index in [1.54, 1.807) is 12.1 Å². The van der Waals surface area contributed by atoms with Gasteiger partial charge in [-0.05, 0) is 30.2 Å². The Balaban J connectivity index is 1.99. The number of carbonyl (C=O) groups is 1. The number of hydrogen-bond acceptors (Lipinski definition) is 5. The monoisotopic (exact) mass is 310 g/mol. The number of ketones is 1. The van der Waals surface area contributed by atoms with Crippen LogP contribution in [0.3, 0.4) is 0 Å². The molecule has 0 saturated carbocycles. The van der Waals surface area contributed by atoms with Crippen LogP contribution in [0.25, 0.3) is 0 Å². The molecule has 0 amide bonds. The Morgan fingerprint density at radius 3 is 2.74 bits per heavy atom. The van der Waals surface area contributed by atoms with Gasteiger partial charge in [0.25, 0.3) is 0 Å². The molecule has 1 aliphatic rings. The van der Waals surface area contributed by atoms with Gasteiger partial charge in [0.2, 0.25) is 5.78 Å². The molecule has 0 unspecified atom stereocenters. The van der Waals surface area contributed by atoms with Crippen LogP contribution in [0.1, 0.15) is 27.4 Å². The molecule has 0 saturated heterocycles. The fourth-order valence-electron chi connectivity index (χ4n) is 2.78. The van der Waals surface area contributed by atoms with E-state index in [-0.39, 0.29) is 28.8 Å². The van der Waals surface area contributed by atoms with Crippen molar-refractivity contribution < 1.29 is 14.6 Å². The van der Waals surface area contributed by atoms with Gasteiger partial charge in [-0.3, -0.25) is 4.79 Å². The predicted octanol–water partition coefficient (Wildman–Crippen LogP) is 2.63. The minimum absolute atomic E-state index is 0.130. The Bertz CT molecular complexity index is 769. The largest absolute Gasteiger partial charge is 0.504 e. The van der Waals surface area contributed by atoms with Crippen molar-refractivity contribution in [2.45, 2.75) is 12.8 Å². The summed E-state index contributed by atoms with van der Waals surface area (Å²) in [6, 6.07) is 13.1. The Labute approximate surface area is 134 Å². The average molecular weight is 310 g/mol. The molecule has 5 heteroatoms. The van der Waals surface area contributed by atoms with Crippen LogP contribution in [-0.4, -0.2) is 30.3 Å². The maximum Gasteiger partial charge on any atom is 0.213 e. The molecule has 118 valence electrons. The number of aryl methyl sites for hydroxylation is 1. The first-order valence-electron chi connectivity index (χ1n) is 7.39. The van der Waals surface area contributed by atoms with Crippen molar-refractivity contribution in [2.24, 2.45) is 5.10 Å². The molecule has 1 aliphatic heterocycles. The summed E-state index contributed by atoms with van der Waals surface area (Å²) in [5.74, 6) is -0.279. The van der Waals surface area contributed by atoms with Crippen LogP contribution >= 0.6 is 0 Å². The van der Waals surface area contributed by atoms with E-state index in [0.29, 0.717) is 12.3 Å². The molecule has 1 atom stereocenters. The summed E-state index contributed by atoms with van der Waals surface area (Å²) in [6.07, 6.45) is 0. The quantitative estimate of drug-likeness (QED) is 0.852. The third-order valence-electron chi connectivity index (χ3n) is 3.94. The van der Waals surface area contributed by atoms with Crippen molar-refractivity contribution in [3.8, 4) is 11.5 Å². The second kappa shape index (κ2) is 6.12. The van der Waals surface area contributed by atoms with E-state index in [9.17, 15) is 9.90 Å². The minimum atomic E-state index is -0.289. The van der Waals surface area contributed by atoms with Gasteiger partial charge in [0.15, 0.2) is 11.5 Å². The van der Waals surface area contributed by atoms with Crippen molar-refractivity contribution in [2.75, 3.05) is 13.7 Å². The maximum atomic E-state index is 12.9. The van der Waals surface area contributed by atoms with E-state index in [4.69, 9.17) is 4.74 Å². The highest BCUT2D eigenvalue weighted by Gasteiger charge is 2.31. The lowest BCUT2D eigenvalue weighted by molar-refractivity contribution is 0.106. The molecule has 2 aromatic carbocycles. The van der Waals surface area contributed by atoms with Crippen LogP contribution < -0.4 is 10.2 Å². The van der Waals surface area contributed by atoms with Gasteiger partial charge in [0, 0.05) is 6.54 Å². The summed E-state index contributed by atoms with van der Waals surface area (Å²) in [5.41, 5.74) is 5.36. The second-order valence-electron chi connectivity index (χ2n) is 5.52. The smallest absolute Gasteiger partial charge is 0.213 e. The summed E-state index contributed by atoms with van der Waals surface area (Å²) in [6.45, 7) is 2.41. The number of benzene rings is 2. The molecule has 2 N–H and O–H groups in total. The number of phenolic OH excluding ortho intramolecular Hbond substituents is 1. The molecule has 0 spiro atoms. The molecule has 0 bridgehead atoms. The van der Waals surface area contributed by atoms with Crippen molar-refractivity contribution in [1.29, 1.82) is 0 Å². The average Bonchev–Trinajstić information content (AvgIpc) is 3.06. The molecular weight excluding hydrogens is 292 g/mol. The van der Waals surface area contributed by atoms with Gasteiger partial charge in [-0.15, -0.1) is 0 Å². The van der Waals surface area contributed by atoms with E-state index >= 15 is 0 Å². The van der Waals surface area contributed by atoms with Crippen LogP contribution in [0.4, 0.5) is 0 Å². The molecule has 0 aromatic heterocycles. The summed E-state index contributed by atoms with van der Waals surface area (Å²) >= 11 is 0. The third-order valence-corrected chi connectivity index (χ3v) is 3.94. The van der Waals surface area contributed by atoms with Crippen molar-refractivity contribution in [1.82, 2.24) is 5.43 Å². The van der Waals surface area contributed by atoms with E-state index in [1.165, 1.54) is 7.11 Å². The number of nitrogens with one attached hydrogen (secondary N) is 1. The van der Waals surface area contributed by atoms with Gasteiger partial charge in [-0.2, -0.15) is 5.10 Å². The van der Waals surface area contributed by atoms with Crippen molar-refractivity contribution in [3.05, 3.63) is 59.2 Å². The van der Waals surface area contributed by atoms with E-state index < -0.39 is 0 Å². The highest BCUT2D eigenvalue weighted by Crippen LogP contribution is 2.33. The zero-order valence-corrected chi connectivity index (χ0v) is 13.0. The van der Waals surface area contributed by atoms with Gasteiger partial charge in [0.05, 0.1) is 18.6 Å². The maximum absolute atomic E-state index is 12.9. The lowest BCUT2D eigenvalue weighted by Gasteiger charge is -2.14. The lowest BCUT2D eigenvalue weighted by Crippen LogP contribution is -2.22. The number of Topliss-reactive ketones (excluding diaryl/α,β-unsaturated/α-hetero) is 1. The molecule has 3 rings (SSSR count). The standard InChI is InChI=1S/C18H18N2O3/c1-11-8-13(17(21)15(9-11)23-2)18(22)16-14(10-19-20-16)12-6-4-3-5-7-12/h3-9,14,19,21H,10H2,1-2H3/t14-/m1/s1. The molecule has 1 heterocycles. The first-order valence-corrected chi connectivity index (χ1v) is 7.39. The fourth-order valence-corrected chi connectivity index (χ4v) is 2.78. The Hall–Kier alpha value is -2.82. The first-order chi connectivity index (χ1) is 11.1. The zero-order chi connectivity index (χ0) is 16.4. The number of hydrazone groups is 1. The summed E-state index contributed by atoms with van der Waals surface area (Å²) < 4.78 is 5.13. The molecule has 23 heavy (non-hydrogen) atoms. The molecular formula is C18H18N2O3. The highest BCUT2D eigenvalue weighted by atomic mass is 16.5. The van der Waals surface area contributed by atoms with Crippen LogP contribution in [0.5, 0.6) is 11.5 Å². The SMILES string of the molecule is COc1cc(C)cc(C(=O)C2=NNC[C@@H]2c2ccccc2)c1O. The highest BCUT2D eigenvalue weighted by molar-refractivity contribution is 6.48. The normalized spacial score (nSPS) is 16.6. The topological polar surface area (TPSA) is 70.9 Å². The Morgan fingerprint density at radius 1 is 1.30 bits per heavy atom. The van der Waals surface area contributed by atoms with E-state index in [2.05, 4.69) is 10.5 Å². The number of methoxy groups -OCH3 is 1. The molecule has 0 aliphatic carbocycles. The van der Waals surface area contributed by atoms with Gasteiger partial charge in [-0.1, -0.05) is 30.3 Å². The number of nitrogens with zero attached hydrogens (tertiary/aromatic N) is 1. The summed E-state index contributed by atoms with van der Waals surface area (Å²) in [7, 11) is 1.46. The Morgan fingerprint density at radius 2 is 2.04 bits per heavy atom. The number of phenols is 1. The summed E-state index contributed by atoms with van der Waals surface area (Å²) in [5, 5.41) is 14.4. The number of aromatic hydroxyl groups is 1. The molecule has 5 nitrogen and oxygen atoms in total. The zero-order valence-electron chi connectivity index (χ0n) is 13.0. The van der Waals surface area contributed by atoms with Gasteiger partial charge < -0.3 is 15.3 Å². The van der Waals surface area contributed by atoms with Crippen molar-refractivity contribution in [3.63, 3.8) is 0 Å². The predicted molar refractivity (Wildman–Crippen MR) is 88.3 cm³/mol. The van der Waals surface area contributed by atoms with Crippen LogP contribution in [0.15, 0.2) is 47.6 Å². The van der Waals surface area contributed by atoms with Crippen LogP contribution in [0.2, 0.25) is 0 Å². The number of ether oxygens (including phenoxy) is 1. The Kier molecular flexibility index (Phi) is 4.02. The molecule has 0 fully saturated rings.